The molecule has 0 bridgehead atoms. The molecule has 80 heavy (non-hydrogen) atoms. The van der Waals surface area contributed by atoms with Gasteiger partial charge in [-0.2, -0.15) is 0 Å². The summed E-state index contributed by atoms with van der Waals surface area (Å²) in [5.41, 5.74) is 20.4. The van der Waals surface area contributed by atoms with Crippen LogP contribution < -0.4 is 0 Å². The van der Waals surface area contributed by atoms with Gasteiger partial charge in [-0.25, -0.2) is 15.0 Å². The van der Waals surface area contributed by atoms with Gasteiger partial charge in [0.05, 0.1) is 33.5 Å². The van der Waals surface area contributed by atoms with E-state index < -0.39 is 0 Å². The van der Waals surface area contributed by atoms with E-state index in [1.54, 1.807) is 0 Å². The normalized spacial score (nSPS) is 11.5. The highest BCUT2D eigenvalue weighted by molar-refractivity contribution is 6.13. The molecule has 15 rings (SSSR count). The molecule has 0 aliphatic carbocycles. The van der Waals surface area contributed by atoms with E-state index in [4.69, 9.17) is 15.0 Å². The van der Waals surface area contributed by atoms with Gasteiger partial charge in [0.25, 0.3) is 0 Å². The Balaban J connectivity index is 0.965. The Morgan fingerprint density at radius 3 is 0.762 bits per heavy atom. The summed E-state index contributed by atoms with van der Waals surface area (Å²) in [7, 11) is 0. The monoisotopic (exact) mass is 1020 g/mol. The van der Waals surface area contributed by atoms with Gasteiger partial charge in [0.1, 0.15) is 11.6 Å². The minimum Gasteiger partial charge on any atom is -0.294 e. The molecule has 0 saturated carbocycles. The second-order valence-corrected chi connectivity index (χ2v) is 20.4. The molecular formula is C75H49N5. The molecule has 0 spiro atoms. The average Bonchev–Trinajstić information content (AvgIpc) is 4.15. The highest BCUT2D eigenvalue weighted by Gasteiger charge is 2.21. The number of pyridine rings is 1. The van der Waals surface area contributed by atoms with Gasteiger partial charge in [-0.05, 0) is 122 Å². The summed E-state index contributed by atoms with van der Waals surface area (Å²) in [6.45, 7) is 0. The minimum absolute atomic E-state index is 0.665. The second kappa shape index (κ2) is 19.7. The third kappa shape index (κ3) is 8.42. The molecule has 0 saturated heterocycles. The zero-order valence-electron chi connectivity index (χ0n) is 43.5. The highest BCUT2D eigenvalue weighted by Crippen LogP contribution is 2.41. The van der Waals surface area contributed by atoms with E-state index in [9.17, 15) is 0 Å². The molecular weight excluding hydrogens is 971 g/mol. The lowest BCUT2D eigenvalue weighted by Gasteiger charge is -2.15. The topological polar surface area (TPSA) is 48.5 Å². The SMILES string of the molecule is c1ccc(-c2ccc3c(c2)c2cc(-c4ccccc4)ccc2n3-c2cc(-c3ccc(-c4nc(-c5ccccc5)cc(-c5ccccc5)n4)cc3)cc(-n3c4ccc(-c5ccccc5)cc4c4cc(-c5ccccc5)ccc43)n2)cc1. The van der Waals surface area contributed by atoms with Crippen LogP contribution in [0.4, 0.5) is 0 Å². The molecule has 5 nitrogen and oxygen atoms in total. The van der Waals surface area contributed by atoms with Crippen molar-refractivity contribution in [3.8, 4) is 101 Å². The molecule has 0 atom stereocenters. The van der Waals surface area contributed by atoms with Crippen molar-refractivity contribution in [2.45, 2.75) is 0 Å². The van der Waals surface area contributed by atoms with Crippen molar-refractivity contribution in [1.29, 1.82) is 0 Å². The van der Waals surface area contributed by atoms with E-state index >= 15 is 0 Å². The summed E-state index contributed by atoms with van der Waals surface area (Å²) in [5, 5.41) is 4.62. The van der Waals surface area contributed by atoms with Gasteiger partial charge in [-0.15, -0.1) is 0 Å². The predicted molar refractivity (Wildman–Crippen MR) is 332 cm³/mol. The molecule has 5 heteroatoms. The molecule has 0 aliphatic heterocycles. The van der Waals surface area contributed by atoms with Gasteiger partial charge in [0.15, 0.2) is 5.82 Å². The van der Waals surface area contributed by atoms with Crippen molar-refractivity contribution in [1.82, 2.24) is 24.1 Å². The maximum atomic E-state index is 5.81. The van der Waals surface area contributed by atoms with Crippen LogP contribution in [0.15, 0.2) is 297 Å². The average molecular weight is 1020 g/mol. The van der Waals surface area contributed by atoms with E-state index in [-0.39, 0.29) is 0 Å². The highest BCUT2D eigenvalue weighted by atomic mass is 15.1. The number of aromatic nitrogens is 5. The lowest BCUT2D eigenvalue weighted by atomic mass is 10.0. The molecule has 11 aromatic carbocycles. The van der Waals surface area contributed by atoms with Gasteiger partial charge in [-0.3, -0.25) is 9.13 Å². The van der Waals surface area contributed by atoms with Crippen LogP contribution in [0.5, 0.6) is 0 Å². The Labute approximate surface area is 463 Å². The van der Waals surface area contributed by atoms with Crippen LogP contribution in [0.3, 0.4) is 0 Å². The first-order valence-electron chi connectivity index (χ1n) is 27.2. The smallest absolute Gasteiger partial charge is 0.160 e. The molecule has 374 valence electrons. The summed E-state index contributed by atoms with van der Waals surface area (Å²) >= 11 is 0. The van der Waals surface area contributed by atoms with Crippen molar-refractivity contribution >= 4 is 43.6 Å². The van der Waals surface area contributed by atoms with Gasteiger partial charge in [-0.1, -0.05) is 231 Å². The zero-order chi connectivity index (χ0) is 52.9. The van der Waals surface area contributed by atoms with Crippen LogP contribution in [0, 0.1) is 0 Å². The van der Waals surface area contributed by atoms with Crippen molar-refractivity contribution in [2.75, 3.05) is 0 Å². The van der Waals surface area contributed by atoms with Gasteiger partial charge in [0, 0.05) is 38.2 Å². The molecule has 4 aromatic heterocycles. The van der Waals surface area contributed by atoms with E-state index in [0.717, 1.165) is 117 Å². The predicted octanol–water partition coefficient (Wildman–Crippen LogP) is 19.4. The summed E-state index contributed by atoms with van der Waals surface area (Å²) in [6.07, 6.45) is 0. The first-order valence-corrected chi connectivity index (χ1v) is 27.2. The maximum Gasteiger partial charge on any atom is 0.160 e. The minimum atomic E-state index is 0.665. The molecule has 0 fully saturated rings. The number of benzene rings is 11. The Bertz CT molecular complexity index is 4290. The lowest BCUT2D eigenvalue weighted by molar-refractivity contribution is 1.01. The third-order valence-corrected chi connectivity index (χ3v) is 15.6. The number of fused-ring (bicyclic) bond motifs is 6. The van der Waals surface area contributed by atoms with Crippen LogP contribution in [0.25, 0.3) is 145 Å². The fraction of sp³-hybridized carbons (Fsp3) is 0. The van der Waals surface area contributed by atoms with Crippen LogP contribution in [-0.4, -0.2) is 24.1 Å². The zero-order valence-corrected chi connectivity index (χ0v) is 43.5. The third-order valence-electron chi connectivity index (χ3n) is 15.6. The van der Waals surface area contributed by atoms with E-state index in [0.29, 0.717) is 5.82 Å². The van der Waals surface area contributed by atoms with Crippen LogP contribution >= 0.6 is 0 Å². The molecule has 4 heterocycles. The summed E-state index contributed by atoms with van der Waals surface area (Å²) in [4.78, 5) is 16.2. The fourth-order valence-electron chi connectivity index (χ4n) is 11.6. The number of rotatable bonds is 10. The Kier molecular flexibility index (Phi) is 11.4. The largest absolute Gasteiger partial charge is 0.294 e. The first kappa shape index (κ1) is 46.5. The Morgan fingerprint density at radius 1 is 0.188 bits per heavy atom. The quantitative estimate of drug-likeness (QED) is 0.137. The van der Waals surface area contributed by atoms with Gasteiger partial charge in [0.2, 0.25) is 0 Å². The summed E-state index contributed by atoms with van der Waals surface area (Å²) < 4.78 is 4.72. The standard InChI is InChI=1S/C75H49N5/c1-7-19-50(20-8-1)58-35-39-69-63(43-58)64-44-59(51-21-9-2-10-22-51)36-40-70(64)79(69)73-47-62(54-31-33-57(34-32-54)75-76-67(55-27-15-5-16-28-55)49-68(77-75)56-29-17-6-18-30-56)48-74(78-73)80-71-41-37-60(52-23-11-3-12-24-52)45-65(71)66-46-61(38-42-72(66)80)53-25-13-4-14-26-53/h1-49H. The molecule has 0 aliphatic rings. The lowest BCUT2D eigenvalue weighted by Crippen LogP contribution is -2.04. The first-order chi connectivity index (χ1) is 39.6. The van der Waals surface area contributed by atoms with Crippen molar-refractivity contribution in [2.24, 2.45) is 0 Å². The van der Waals surface area contributed by atoms with E-state index in [1.165, 1.54) is 22.3 Å². The fourth-order valence-corrected chi connectivity index (χ4v) is 11.6. The molecule has 0 amide bonds. The number of hydrogen-bond donors (Lipinski definition) is 0. The van der Waals surface area contributed by atoms with E-state index in [1.807, 2.05) is 12.1 Å². The number of hydrogen-bond acceptors (Lipinski definition) is 3. The molecule has 0 unspecified atom stereocenters. The van der Waals surface area contributed by atoms with Crippen LogP contribution in [0.2, 0.25) is 0 Å². The van der Waals surface area contributed by atoms with Crippen molar-refractivity contribution < 1.29 is 0 Å². The van der Waals surface area contributed by atoms with Gasteiger partial charge < -0.3 is 0 Å². The van der Waals surface area contributed by atoms with Gasteiger partial charge >= 0.3 is 0 Å². The molecule has 15 aromatic rings. The van der Waals surface area contributed by atoms with Crippen molar-refractivity contribution in [3.63, 3.8) is 0 Å². The second-order valence-electron chi connectivity index (χ2n) is 20.4. The summed E-state index contributed by atoms with van der Waals surface area (Å²) in [5.74, 6) is 2.28. The Morgan fingerprint density at radius 2 is 0.450 bits per heavy atom. The number of nitrogens with zero attached hydrogens (tertiary/aromatic N) is 5. The maximum absolute atomic E-state index is 5.81. The van der Waals surface area contributed by atoms with Crippen LogP contribution in [0.1, 0.15) is 0 Å². The Hall–Kier alpha value is -10.8. The van der Waals surface area contributed by atoms with Crippen molar-refractivity contribution in [3.05, 3.63) is 297 Å². The molecule has 0 N–H and O–H groups in total. The van der Waals surface area contributed by atoms with E-state index in [2.05, 4.69) is 294 Å². The summed E-state index contributed by atoms with van der Waals surface area (Å²) in [6, 6.07) is 106. The van der Waals surface area contributed by atoms with Crippen LogP contribution in [-0.2, 0) is 0 Å². The molecule has 0 radical (unpaired) electrons.